The van der Waals surface area contributed by atoms with Gasteiger partial charge in [-0.1, -0.05) is 65.9 Å². The van der Waals surface area contributed by atoms with Crippen LogP contribution in [-0.4, -0.2) is 31.8 Å². The van der Waals surface area contributed by atoms with Crippen LogP contribution >= 0.6 is 0 Å². The summed E-state index contributed by atoms with van der Waals surface area (Å²) in [6, 6.07) is 20.5. The van der Waals surface area contributed by atoms with Crippen molar-refractivity contribution >= 4 is 11.2 Å². The third-order valence-corrected chi connectivity index (χ3v) is 6.15. The fourth-order valence-electron chi connectivity index (χ4n) is 4.30. The summed E-state index contributed by atoms with van der Waals surface area (Å²) in [7, 11) is 0. The monoisotopic (exact) mass is 457 g/mol. The average Bonchev–Trinajstić information content (AvgIpc) is 3.54. The maximum absolute atomic E-state index is 12.9. The van der Waals surface area contributed by atoms with Gasteiger partial charge < -0.3 is 14.5 Å². The molecule has 5 rings (SSSR count). The number of allylic oxidation sites excluding steroid dienone is 1. The molecule has 2 aromatic carbocycles. The van der Waals surface area contributed by atoms with Gasteiger partial charge in [-0.3, -0.25) is 4.79 Å². The minimum Gasteiger partial charge on any atom is -0.462 e. The summed E-state index contributed by atoms with van der Waals surface area (Å²) in [5.41, 5.74) is 2.84. The minimum absolute atomic E-state index is 0.0497. The molecule has 0 bridgehead atoms. The molecule has 0 saturated carbocycles. The zero-order chi connectivity index (χ0) is 23.3. The Kier molecular flexibility index (Phi) is 6.38. The highest BCUT2D eigenvalue weighted by Gasteiger charge is 2.27. The van der Waals surface area contributed by atoms with Crippen LogP contribution in [0.1, 0.15) is 48.7 Å². The molecule has 1 aliphatic heterocycles. The summed E-state index contributed by atoms with van der Waals surface area (Å²) in [6.07, 6.45) is 5.09. The maximum Gasteiger partial charge on any atom is 0.281 e. The number of ether oxygens (including phenoxy) is 2. The van der Waals surface area contributed by atoms with Crippen molar-refractivity contribution in [2.75, 3.05) is 6.79 Å². The summed E-state index contributed by atoms with van der Waals surface area (Å²) in [5.74, 6) is 0.859. The molecule has 2 atom stereocenters. The van der Waals surface area contributed by atoms with Crippen molar-refractivity contribution in [3.8, 4) is 0 Å². The summed E-state index contributed by atoms with van der Waals surface area (Å²) in [4.78, 5) is 20.6. The Hall–Kier alpha value is -3.94. The normalized spacial score (nSPS) is 14.9. The summed E-state index contributed by atoms with van der Waals surface area (Å²) in [5, 5.41) is 8.40. The largest absolute Gasteiger partial charge is 0.462 e. The van der Waals surface area contributed by atoms with Gasteiger partial charge in [-0.15, -0.1) is 5.10 Å². The Labute approximate surface area is 197 Å². The van der Waals surface area contributed by atoms with Gasteiger partial charge in [0.25, 0.3) is 5.56 Å². The third kappa shape index (κ3) is 4.71. The van der Waals surface area contributed by atoms with E-state index in [0.717, 1.165) is 24.8 Å². The highest BCUT2D eigenvalue weighted by molar-refractivity contribution is 5.68. The number of benzene rings is 2. The van der Waals surface area contributed by atoms with E-state index >= 15 is 0 Å². The van der Waals surface area contributed by atoms with Crippen molar-refractivity contribution in [2.24, 2.45) is 0 Å². The van der Waals surface area contributed by atoms with Crippen molar-refractivity contribution in [1.82, 2.24) is 25.0 Å². The van der Waals surface area contributed by atoms with Crippen LogP contribution in [0.15, 0.2) is 77.5 Å². The van der Waals surface area contributed by atoms with E-state index in [4.69, 9.17) is 14.5 Å². The summed E-state index contributed by atoms with van der Waals surface area (Å²) >= 11 is 0. The molecule has 1 N–H and O–H groups in total. The van der Waals surface area contributed by atoms with Crippen LogP contribution in [0.25, 0.3) is 11.2 Å². The molecule has 0 spiro atoms. The number of hydrogen-bond acceptors (Lipinski definition) is 6. The predicted octanol–water partition coefficient (Wildman–Crippen LogP) is 4.27. The smallest absolute Gasteiger partial charge is 0.281 e. The van der Waals surface area contributed by atoms with Crippen LogP contribution in [-0.2, 0) is 22.3 Å². The minimum atomic E-state index is -0.305. The summed E-state index contributed by atoms with van der Waals surface area (Å²) < 4.78 is 12.8. The number of hydrogen-bond donors (Lipinski definition) is 1. The first kappa shape index (κ1) is 21.9. The highest BCUT2D eigenvalue weighted by atomic mass is 16.7. The Balaban J connectivity index is 1.42. The van der Waals surface area contributed by atoms with Gasteiger partial charge >= 0.3 is 0 Å². The molecular formula is C26H27N5O3. The maximum atomic E-state index is 12.9. The molecule has 1 aliphatic rings. The van der Waals surface area contributed by atoms with Crippen LogP contribution < -0.4 is 5.56 Å². The van der Waals surface area contributed by atoms with Gasteiger partial charge in [0.15, 0.2) is 11.2 Å². The lowest BCUT2D eigenvalue weighted by atomic mass is 9.96. The van der Waals surface area contributed by atoms with E-state index in [-0.39, 0.29) is 29.8 Å². The molecule has 0 amide bonds. The second kappa shape index (κ2) is 9.91. The first-order valence-corrected chi connectivity index (χ1v) is 11.6. The lowest BCUT2D eigenvalue weighted by molar-refractivity contribution is 0.0748. The molecular weight excluding hydrogens is 430 g/mol. The van der Waals surface area contributed by atoms with Gasteiger partial charge in [0.1, 0.15) is 17.8 Å². The third-order valence-electron chi connectivity index (χ3n) is 6.15. The second-order valence-electron chi connectivity index (χ2n) is 8.58. The van der Waals surface area contributed by atoms with Crippen molar-refractivity contribution in [3.05, 3.63) is 100.0 Å². The first-order valence-electron chi connectivity index (χ1n) is 11.6. The number of rotatable bonds is 9. The number of H-pyrrole nitrogens is 1. The van der Waals surface area contributed by atoms with E-state index in [1.165, 1.54) is 5.56 Å². The molecule has 0 saturated heterocycles. The topological polar surface area (TPSA) is 94.9 Å². The predicted molar refractivity (Wildman–Crippen MR) is 128 cm³/mol. The Morgan fingerprint density at radius 1 is 1.06 bits per heavy atom. The zero-order valence-electron chi connectivity index (χ0n) is 19.1. The van der Waals surface area contributed by atoms with Gasteiger partial charge in [-0.25, -0.2) is 9.67 Å². The van der Waals surface area contributed by atoms with E-state index in [1.54, 1.807) is 10.9 Å². The fourth-order valence-corrected chi connectivity index (χ4v) is 4.30. The van der Waals surface area contributed by atoms with Gasteiger partial charge in [0.2, 0.25) is 6.79 Å². The van der Waals surface area contributed by atoms with Crippen LogP contribution in [0.4, 0.5) is 0 Å². The number of aryl methyl sites for hydroxylation is 1. The van der Waals surface area contributed by atoms with Crippen molar-refractivity contribution in [2.45, 2.75) is 44.6 Å². The fraction of sp³-hybridized carbons (Fsp3) is 0.308. The van der Waals surface area contributed by atoms with Gasteiger partial charge in [0.05, 0.1) is 12.0 Å². The van der Waals surface area contributed by atoms with Gasteiger partial charge in [-0.05, 0) is 43.7 Å². The van der Waals surface area contributed by atoms with Crippen molar-refractivity contribution in [3.63, 3.8) is 0 Å². The number of fused-ring (bicyclic) bond motifs is 1. The molecule has 0 radical (unpaired) electrons. The van der Waals surface area contributed by atoms with Crippen LogP contribution in [0.2, 0.25) is 0 Å². The molecule has 0 fully saturated rings. The highest BCUT2D eigenvalue weighted by Crippen LogP contribution is 2.30. The quantitative estimate of drug-likeness (QED) is 0.403. The molecule has 8 nitrogen and oxygen atoms in total. The van der Waals surface area contributed by atoms with Gasteiger partial charge in [-0.2, -0.15) is 0 Å². The number of aromatic amines is 1. The lowest BCUT2D eigenvalue weighted by Crippen LogP contribution is -2.19. The summed E-state index contributed by atoms with van der Waals surface area (Å²) in [6.45, 7) is 2.24. The molecule has 0 aliphatic carbocycles. The standard InChI is InChI=1S/C26H27N5O3/c1-18(9-8-14-19-10-4-2-5-11-19)31-25-23(29-30-31)26(32)28-24(27-25)21(22-16-33-17-34-22)15-20-12-6-3-7-13-20/h2-7,10-13,16,18,21H,8-9,14-15,17H2,1H3,(H,27,28,32). The molecule has 3 heterocycles. The number of aromatic nitrogens is 5. The lowest BCUT2D eigenvalue weighted by Gasteiger charge is -2.17. The van der Waals surface area contributed by atoms with E-state index in [1.807, 2.05) is 36.4 Å². The molecule has 34 heavy (non-hydrogen) atoms. The Bertz CT molecular complexity index is 1330. The molecule has 2 aromatic heterocycles. The van der Waals surface area contributed by atoms with E-state index in [2.05, 4.69) is 46.5 Å². The second-order valence-corrected chi connectivity index (χ2v) is 8.58. The zero-order valence-corrected chi connectivity index (χ0v) is 19.1. The molecule has 8 heteroatoms. The molecule has 4 aromatic rings. The molecule has 2 unspecified atom stereocenters. The molecule has 174 valence electrons. The number of nitrogens with zero attached hydrogens (tertiary/aromatic N) is 4. The average molecular weight is 458 g/mol. The van der Waals surface area contributed by atoms with Crippen LogP contribution in [0, 0.1) is 0 Å². The SMILES string of the molecule is CC(CCCc1ccccc1)n1nnc2c(=O)[nH]c(C(Cc3ccccc3)C3=COCO3)nc21. The van der Waals surface area contributed by atoms with Crippen molar-refractivity contribution in [1.29, 1.82) is 0 Å². The van der Waals surface area contributed by atoms with E-state index < -0.39 is 0 Å². The van der Waals surface area contributed by atoms with Crippen molar-refractivity contribution < 1.29 is 9.47 Å². The Morgan fingerprint density at radius 2 is 1.79 bits per heavy atom. The van der Waals surface area contributed by atoms with Crippen LogP contribution in [0.3, 0.4) is 0 Å². The Morgan fingerprint density at radius 3 is 2.50 bits per heavy atom. The van der Waals surface area contributed by atoms with E-state index in [0.29, 0.717) is 23.7 Å². The van der Waals surface area contributed by atoms with Gasteiger partial charge in [0, 0.05) is 0 Å². The number of nitrogens with one attached hydrogen (secondary N) is 1. The first-order chi connectivity index (χ1) is 16.7. The van der Waals surface area contributed by atoms with E-state index in [9.17, 15) is 4.79 Å². The van der Waals surface area contributed by atoms with Crippen LogP contribution in [0.5, 0.6) is 0 Å².